The van der Waals surface area contributed by atoms with Crippen molar-refractivity contribution in [1.82, 2.24) is 19.5 Å². The van der Waals surface area contributed by atoms with Crippen LogP contribution < -0.4 is 28.9 Å². The van der Waals surface area contributed by atoms with E-state index in [0.29, 0.717) is 45.8 Å². The van der Waals surface area contributed by atoms with Crippen LogP contribution in [0.3, 0.4) is 0 Å². The van der Waals surface area contributed by atoms with Gasteiger partial charge in [-0.25, -0.2) is 9.97 Å². The van der Waals surface area contributed by atoms with Crippen LogP contribution in [0.25, 0.3) is 33.2 Å². The lowest BCUT2D eigenvalue weighted by atomic mass is 10.1. The zero-order valence-corrected chi connectivity index (χ0v) is 32.2. The molecule has 2 aliphatic rings. The number of aliphatic hydroxyl groups excluding tert-OH is 3. The van der Waals surface area contributed by atoms with Crippen molar-refractivity contribution in [2.75, 3.05) is 44.3 Å². The Morgan fingerprint density at radius 3 is 1.86 bits per heavy atom. The third kappa shape index (κ3) is 6.57. The van der Waals surface area contributed by atoms with Crippen LogP contribution >= 0.6 is 0 Å². The monoisotopic (exact) mass is 786 g/mol. The Balaban J connectivity index is 1.06. The molecule has 2 aliphatic heterocycles. The Bertz CT molecular complexity index is 2580. The lowest BCUT2D eigenvalue weighted by molar-refractivity contribution is -0.207. The van der Waals surface area contributed by atoms with E-state index in [9.17, 15) is 26.1 Å². The molecule has 1 unspecified atom stereocenters. The highest BCUT2D eigenvalue weighted by molar-refractivity contribution is 6.32. The van der Waals surface area contributed by atoms with Gasteiger partial charge in [-0.3, -0.25) is 10.8 Å². The van der Waals surface area contributed by atoms with Crippen LogP contribution in [0.4, 0.5) is 11.4 Å². The van der Waals surface area contributed by atoms with Gasteiger partial charge < -0.3 is 53.8 Å². The normalized spacial score (nSPS) is 17.1. The van der Waals surface area contributed by atoms with Gasteiger partial charge in [0.1, 0.15) is 52.1 Å². The Hall–Kier alpha value is -7.04. The molecule has 0 fully saturated rings. The molecule has 0 spiro atoms. The molecule has 2 aromatic heterocycles. The maximum absolute atomic E-state index is 11.9. The zero-order chi connectivity index (χ0) is 40.7. The number of aryl methyl sites for hydroxylation is 1. The third-order valence-electron chi connectivity index (χ3n) is 10.4. The van der Waals surface area contributed by atoms with Gasteiger partial charge in [0.05, 0.1) is 84.6 Å². The van der Waals surface area contributed by atoms with Crippen molar-refractivity contribution in [2.45, 2.75) is 24.9 Å². The van der Waals surface area contributed by atoms with Gasteiger partial charge in [-0.2, -0.15) is 4.89 Å². The largest absolute Gasteiger partial charge is 0.509 e. The number of para-hydroxylation sites is 4. The summed E-state index contributed by atoms with van der Waals surface area (Å²) in [6, 6.07) is 23.7. The number of fused-ring (bicyclic) bond motifs is 2. The quantitative estimate of drug-likeness (QED) is 0.0396. The molecule has 298 valence electrons. The highest BCUT2D eigenvalue weighted by Crippen LogP contribution is 2.42. The smallest absolute Gasteiger partial charge is 0.171 e. The molecular formula is C42H42N8O8. The van der Waals surface area contributed by atoms with Gasteiger partial charge in [0.25, 0.3) is 0 Å². The topological polar surface area (TPSA) is 208 Å². The molecule has 0 radical (unpaired) electrons. The molecule has 6 aromatic rings. The Morgan fingerprint density at radius 1 is 0.690 bits per heavy atom. The van der Waals surface area contributed by atoms with Gasteiger partial charge in [0, 0.05) is 56.5 Å². The Kier molecular flexibility index (Phi) is 10.1. The number of aliphatic hydroxyl groups is 3. The molecule has 0 amide bonds. The number of nitrogens with zero attached hydrogens (tertiary/aromatic N) is 5. The summed E-state index contributed by atoms with van der Waals surface area (Å²) < 4.78 is 18.5. The van der Waals surface area contributed by atoms with Crippen molar-refractivity contribution in [3.8, 4) is 23.0 Å². The van der Waals surface area contributed by atoms with Crippen molar-refractivity contribution in [1.29, 1.82) is 10.8 Å². The first-order chi connectivity index (χ1) is 28.1. The summed E-state index contributed by atoms with van der Waals surface area (Å²) in [6.45, 7) is -0.284. The number of anilines is 2. The summed E-state index contributed by atoms with van der Waals surface area (Å²) in [5.41, 5.74) is 4.48. The lowest BCUT2D eigenvalue weighted by Gasteiger charge is -2.28. The number of imidazole rings is 2. The maximum Gasteiger partial charge on any atom is 0.171 e. The minimum absolute atomic E-state index is 0.0268. The fourth-order valence-electron chi connectivity index (χ4n) is 7.60. The van der Waals surface area contributed by atoms with E-state index in [1.807, 2.05) is 60.1 Å². The van der Waals surface area contributed by atoms with E-state index in [1.54, 1.807) is 60.4 Å². The first-order valence-electron chi connectivity index (χ1n) is 18.5. The van der Waals surface area contributed by atoms with E-state index in [-0.39, 0.29) is 66.1 Å². The highest BCUT2D eigenvalue weighted by Gasteiger charge is 2.42. The molecule has 0 saturated carbocycles. The SMILES string of the molecule is COc1cc(OC)cc(N2C(=N)C(c3nc4ccccc4n3C)=C(O)C2CCOOc2cc(OC)cc(N3C(=N)C(c4nc5ccccc5[nH]4)=C(O)[C@@H]3CCO)c2)c1. The molecule has 6 N–H and O–H groups in total. The van der Waals surface area contributed by atoms with Gasteiger partial charge >= 0.3 is 0 Å². The average Bonchev–Trinajstić information content (AvgIpc) is 3.94. The molecule has 4 aromatic carbocycles. The summed E-state index contributed by atoms with van der Waals surface area (Å²) in [6.07, 6.45) is 0.299. The number of aromatic amines is 1. The molecule has 0 aliphatic carbocycles. The zero-order valence-electron chi connectivity index (χ0n) is 32.2. The second kappa shape index (κ2) is 15.5. The fourth-order valence-corrected chi connectivity index (χ4v) is 7.60. The Labute approximate surface area is 332 Å². The first-order valence-corrected chi connectivity index (χ1v) is 18.5. The number of amidine groups is 2. The van der Waals surface area contributed by atoms with Crippen LogP contribution in [-0.2, 0) is 11.9 Å². The summed E-state index contributed by atoms with van der Waals surface area (Å²) >= 11 is 0. The van der Waals surface area contributed by atoms with Crippen LogP contribution in [0.1, 0.15) is 24.5 Å². The summed E-state index contributed by atoms with van der Waals surface area (Å²) in [7, 11) is 6.42. The van der Waals surface area contributed by atoms with Crippen LogP contribution in [0, 0.1) is 10.8 Å². The van der Waals surface area contributed by atoms with Gasteiger partial charge in [-0.15, -0.1) is 0 Å². The molecule has 58 heavy (non-hydrogen) atoms. The number of ether oxygens (including phenoxy) is 3. The predicted molar refractivity (Wildman–Crippen MR) is 219 cm³/mol. The van der Waals surface area contributed by atoms with E-state index >= 15 is 0 Å². The average molecular weight is 787 g/mol. The van der Waals surface area contributed by atoms with Crippen molar-refractivity contribution < 1.29 is 39.3 Å². The third-order valence-corrected chi connectivity index (χ3v) is 10.4. The van der Waals surface area contributed by atoms with Gasteiger partial charge in [0.2, 0.25) is 0 Å². The van der Waals surface area contributed by atoms with E-state index in [0.717, 1.165) is 16.6 Å². The maximum atomic E-state index is 11.9. The van der Waals surface area contributed by atoms with E-state index < -0.39 is 12.1 Å². The number of H-pyrrole nitrogens is 1. The minimum atomic E-state index is -0.777. The van der Waals surface area contributed by atoms with Crippen molar-refractivity contribution >= 4 is 56.3 Å². The van der Waals surface area contributed by atoms with Crippen molar-refractivity contribution in [3.63, 3.8) is 0 Å². The van der Waals surface area contributed by atoms with E-state index in [4.69, 9.17) is 29.0 Å². The highest BCUT2D eigenvalue weighted by atomic mass is 17.2. The van der Waals surface area contributed by atoms with Crippen molar-refractivity contribution in [3.05, 3.63) is 108 Å². The fraction of sp³-hybridized carbons (Fsp3) is 0.238. The number of methoxy groups -OCH3 is 3. The van der Waals surface area contributed by atoms with Gasteiger partial charge in [-0.05, 0) is 30.7 Å². The summed E-state index contributed by atoms with van der Waals surface area (Å²) in [5, 5.41) is 51.9. The summed E-state index contributed by atoms with van der Waals surface area (Å²) in [5.74, 6) is 2.21. The lowest BCUT2D eigenvalue weighted by Crippen LogP contribution is -2.36. The molecule has 4 heterocycles. The Morgan fingerprint density at radius 2 is 1.24 bits per heavy atom. The molecule has 0 bridgehead atoms. The van der Waals surface area contributed by atoms with Crippen LogP contribution in [0.2, 0.25) is 0 Å². The van der Waals surface area contributed by atoms with Gasteiger partial charge in [0.15, 0.2) is 5.75 Å². The standard InChI is InChI=1S/C42H42N8O8/c1-48-32-12-8-7-11-31(32)47-42(48)36-38(53)34(50(40(36)44)23-17-25(54-2)21-26(18-23)55-3)14-16-57-58-28-20-24(19-27(22-28)56-4)49-33(13-15-51)37(52)35(39(49)43)41-45-29-9-5-6-10-30(29)46-41/h5-12,17-22,33-34,43-44,51-53H,13-16H2,1-4H3,(H,45,46)/t33-,34?/m0/s1. The number of benzene rings is 4. The first kappa shape index (κ1) is 37.9. The molecule has 8 rings (SSSR count). The van der Waals surface area contributed by atoms with Crippen LogP contribution in [0.5, 0.6) is 23.0 Å². The molecular weight excluding hydrogens is 745 g/mol. The molecule has 0 saturated heterocycles. The van der Waals surface area contributed by atoms with Crippen LogP contribution in [0.15, 0.2) is 96.4 Å². The van der Waals surface area contributed by atoms with Crippen molar-refractivity contribution in [2.24, 2.45) is 7.05 Å². The second-order valence-electron chi connectivity index (χ2n) is 13.7. The van der Waals surface area contributed by atoms with Crippen LogP contribution in [-0.4, -0.2) is 93.1 Å². The second-order valence-corrected chi connectivity index (χ2v) is 13.7. The number of hydrogen-bond acceptors (Lipinski definition) is 12. The van der Waals surface area contributed by atoms with E-state index in [2.05, 4.69) is 9.97 Å². The molecule has 16 heteroatoms. The van der Waals surface area contributed by atoms with E-state index in [1.165, 1.54) is 7.11 Å². The predicted octanol–water partition coefficient (Wildman–Crippen LogP) is 6.53. The summed E-state index contributed by atoms with van der Waals surface area (Å²) in [4.78, 5) is 27.4. The number of aromatic nitrogens is 4. The number of nitrogens with one attached hydrogen (secondary N) is 3. The molecule has 16 nitrogen and oxygen atoms in total. The minimum Gasteiger partial charge on any atom is -0.509 e. The molecule has 2 atom stereocenters. The number of hydrogen-bond donors (Lipinski definition) is 6. The van der Waals surface area contributed by atoms with Gasteiger partial charge in [-0.1, -0.05) is 24.3 Å². The number of rotatable bonds is 14.